The number of aliphatic carboxylic acids is 1. The summed E-state index contributed by atoms with van der Waals surface area (Å²) in [6, 6.07) is 8.24. The highest BCUT2D eigenvalue weighted by Gasteiger charge is 2.18. The van der Waals surface area contributed by atoms with E-state index in [0.717, 1.165) is 12.3 Å². The molecular formula is C16H25NO3. The predicted molar refractivity (Wildman–Crippen MR) is 80.2 cm³/mol. The molecule has 0 radical (unpaired) electrons. The number of nitrogens with zero attached hydrogens (tertiary/aromatic N) is 1. The van der Waals surface area contributed by atoms with E-state index in [9.17, 15) is 4.79 Å². The molecule has 0 saturated heterocycles. The standard InChI is InChI=1S/C16H25NO3/c1-12(2)17(11-14(4)16(18)19)9-10-20-15-7-5-13(3)6-8-15/h5-8,12,14H,9-11H2,1-4H3,(H,18,19). The van der Waals surface area contributed by atoms with Crippen molar-refractivity contribution in [2.24, 2.45) is 5.92 Å². The van der Waals surface area contributed by atoms with E-state index in [1.54, 1.807) is 6.92 Å². The van der Waals surface area contributed by atoms with E-state index in [-0.39, 0.29) is 5.92 Å². The largest absolute Gasteiger partial charge is 0.492 e. The number of hydrogen-bond donors (Lipinski definition) is 1. The SMILES string of the molecule is Cc1ccc(OCCN(CC(C)C(=O)O)C(C)C)cc1. The molecule has 1 N–H and O–H groups in total. The first-order chi connectivity index (χ1) is 9.40. The summed E-state index contributed by atoms with van der Waals surface area (Å²) in [5.41, 5.74) is 1.21. The van der Waals surface area contributed by atoms with Crippen molar-refractivity contribution >= 4 is 5.97 Å². The highest BCUT2D eigenvalue weighted by atomic mass is 16.5. The minimum Gasteiger partial charge on any atom is -0.492 e. The first-order valence-corrected chi connectivity index (χ1v) is 7.06. The van der Waals surface area contributed by atoms with Gasteiger partial charge in [0.2, 0.25) is 0 Å². The summed E-state index contributed by atoms with van der Waals surface area (Å²) in [5.74, 6) is -0.266. The Morgan fingerprint density at radius 2 is 1.85 bits per heavy atom. The molecule has 0 saturated carbocycles. The normalized spacial score (nSPS) is 12.7. The van der Waals surface area contributed by atoms with Gasteiger partial charge in [-0.1, -0.05) is 24.6 Å². The van der Waals surface area contributed by atoms with Gasteiger partial charge < -0.3 is 9.84 Å². The maximum absolute atomic E-state index is 10.9. The lowest BCUT2D eigenvalue weighted by atomic mass is 10.1. The fourth-order valence-corrected chi connectivity index (χ4v) is 1.91. The van der Waals surface area contributed by atoms with E-state index in [1.165, 1.54) is 5.56 Å². The molecule has 4 nitrogen and oxygen atoms in total. The summed E-state index contributed by atoms with van der Waals surface area (Å²) < 4.78 is 5.69. The molecule has 0 amide bonds. The smallest absolute Gasteiger partial charge is 0.307 e. The van der Waals surface area contributed by atoms with E-state index in [4.69, 9.17) is 9.84 Å². The van der Waals surface area contributed by atoms with E-state index in [2.05, 4.69) is 18.7 Å². The van der Waals surface area contributed by atoms with Crippen LogP contribution in [-0.2, 0) is 4.79 Å². The average Bonchev–Trinajstić information content (AvgIpc) is 2.39. The molecule has 0 bridgehead atoms. The molecule has 112 valence electrons. The van der Waals surface area contributed by atoms with Crippen LogP contribution in [0.5, 0.6) is 5.75 Å². The Kier molecular flexibility index (Phi) is 6.52. The van der Waals surface area contributed by atoms with Crippen LogP contribution >= 0.6 is 0 Å². The predicted octanol–water partition coefficient (Wildman–Crippen LogP) is 2.80. The Balaban J connectivity index is 2.43. The molecule has 1 atom stereocenters. The third kappa shape index (κ3) is 5.61. The molecular weight excluding hydrogens is 254 g/mol. The Morgan fingerprint density at radius 3 is 2.35 bits per heavy atom. The number of aryl methyl sites for hydroxylation is 1. The zero-order valence-corrected chi connectivity index (χ0v) is 12.8. The van der Waals surface area contributed by atoms with Crippen LogP contribution in [0.15, 0.2) is 24.3 Å². The Labute approximate surface area is 121 Å². The van der Waals surface area contributed by atoms with E-state index in [1.807, 2.05) is 31.2 Å². The van der Waals surface area contributed by atoms with Gasteiger partial charge in [-0.15, -0.1) is 0 Å². The Morgan fingerprint density at radius 1 is 1.25 bits per heavy atom. The fourth-order valence-electron chi connectivity index (χ4n) is 1.91. The van der Waals surface area contributed by atoms with Gasteiger partial charge in [-0.25, -0.2) is 0 Å². The van der Waals surface area contributed by atoms with Gasteiger partial charge >= 0.3 is 5.97 Å². The lowest BCUT2D eigenvalue weighted by Gasteiger charge is -2.27. The van der Waals surface area contributed by atoms with Crippen LogP contribution in [0.4, 0.5) is 0 Å². The molecule has 0 aromatic heterocycles. The summed E-state index contributed by atoms with van der Waals surface area (Å²) in [4.78, 5) is 13.1. The second kappa shape index (κ2) is 7.90. The highest BCUT2D eigenvalue weighted by molar-refractivity contribution is 5.69. The summed E-state index contributed by atoms with van der Waals surface area (Å²) in [6.07, 6.45) is 0. The zero-order chi connectivity index (χ0) is 15.1. The van der Waals surface area contributed by atoms with Gasteiger partial charge in [-0.2, -0.15) is 0 Å². The second-order valence-electron chi connectivity index (χ2n) is 5.49. The minimum atomic E-state index is -0.755. The van der Waals surface area contributed by atoms with Gasteiger partial charge in [0.25, 0.3) is 0 Å². The fraction of sp³-hybridized carbons (Fsp3) is 0.562. The highest BCUT2D eigenvalue weighted by Crippen LogP contribution is 2.12. The molecule has 1 aromatic rings. The third-order valence-corrected chi connectivity index (χ3v) is 3.33. The number of ether oxygens (including phenoxy) is 1. The molecule has 0 fully saturated rings. The van der Waals surface area contributed by atoms with Gasteiger partial charge in [0.1, 0.15) is 12.4 Å². The molecule has 0 heterocycles. The number of hydrogen-bond acceptors (Lipinski definition) is 3. The van der Waals surface area contributed by atoms with Gasteiger partial charge in [0.15, 0.2) is 0 Å². The minimum absolute atomic E-state index is 0.304. The monoisotopic (exact) mass is 279 g/mol. The van der Waals surface area contributed by atoms with Crippen molar-refractivity contribution in [3.63, 3.8) is 0 Å². The first kappa shape index (κ1) is 16.5. The van der Waals surface area contributed by atoms with Crippen molar-refractivity contribution in [3.05, 3.63) is 29.8 Å². The van der Waals surface area contributed by atoms with Gasteiger partial charge in [0.05, 0.1) is 5.92 Å². The van der Waals surface area contributed by atoms with E-state index in [0.29, 0.717) is 19.2 Å². The molecule has 1 aromatic carbocycles. The molecule has 0 aliphatic carbocycles. The van der Waals surface area contributed by atoms with Crippen molar-refractivity contribution in [3.8, 4) is 5.75 Å². The van der Waals surface area contributed by atoms with Crippen molar-refractivity contribution < 1.29 is 14.6 Å². The summed E-state index contributed by atoms with van der Waals surface area (Å²) >= 11 is 0. The summed E-state index contributed by atoms with van der Waals surface area (Å²) in [7, 11) is 0. The van der Waals surface area contributed by atoms with Crippen LogP contribution in [-0.4, -0.2) is 41.7 Å². The lowest BCUT2D eigenvalue weighted by Crippen LogP contribution is -2.39. The van der Waals surface area contributed by atoms with Crippen LogP contribution in [0.25, 0.3) is 0 Å². The van der Waals surface area contributed by atoms with Crippen molar-refractivity contribution in [1.29, 1.82) is 0 Å². The summed E-state index contributed by atoms with van der Waals surface area (Å²) in [5, 5.41) is 8.98. The molecule has 0 aliphatic heterocycles. The molecule has 0 spiro atoms. The first-order valence-electron chi connectivity index (χ1n) is 7.06. The Hall–Kier alpha value is -1.55. The quantitative estimate of drug-likeness (QED) is 0.795. The lowest BCUT2D eigenvalue weighted by molar-refractivity contribution is -0.141. The van der Waals surface area contributed by atoms with Crippen molar-refractivity contribution in [2.45, 2.75) is 33.7 Å². The molecule has 1 rings (SSSR count). The van der Waals surface area contributed by atoms with Crippen LogP contribution in [0.2, 0.25) is 0 Å². The van der Waals surface area contributed by atoms with Gasteiger partial charge in [-0.3, -0.25) is 9.69 Å². The van der Waals surface area contributed by atoms with Crippen LogP contribution in [0, 0.1) is 12.8 Å². The molecule has 0 aliphatic rings. The second-order valence-corrected chi connectivity index (χ2v) is 5.49. The van der Waals surface area contributed by atoms with Gasteiger partial charge in [-0.05, 0) is 32.9 Å². The molecule has 20 heavy (non-hydrogen) atoms. The van der Waals surface area contributed by atoms with Crippen molar-refractivity contribution in [2.75, 3.05) is 19.7 Å². The van der Waals surface area contributed by atoms with E-state index >= 15 is 0 Å². The number of rotatable bonds is 8. The van der Waals surface area contributed by atoms with Crippen LogP contribution < -0.4 is 4.74 Å². The topological polar surface area (TPSA) is 49.8 Å². The number of carbonyl (C=O) groups is 1. The summed E-state index contributed by atoms with van der Waals surface area (Å²) in [6.45, 7) is 9.75. The number of carboxylic acid groups (broad SMARTS) is 1. The molecule has 1 unspecified atom stereocenters. The third-order valence-electron chi connectivity index (χ3n) is 3.33. The van der Waals surface area contributed by atoms with Crippen LogP contribution in [0.1, 0.15) is 26.3 Å². The number of carboxylic acids is 1. The Bertz CT molecular complexity index is 414. The zero-order valence-electron chi connectivity index (χ0n) is 12.8. The maximum Gasteiger partial charge on any atom is 0.307 e. The van der Waals surface area contributed by atoms with Crippen molar-refractivity contribution in [1.82, 2.24) is 4.90 Å². The van der Waals surface area contributed by atoms with Gasteiger partial charge in [0, 0.05) is 19.1 Å². The van der Waals surface area contributed by atoms with E-state index < -0.39 is 5.97 Å². The molecule has 4 heteroatoms. The van der Waals surface area contributed by atoms with Crippen LogP contribution in [0.3, 0.4) is 0 Å². The average molecular weight is 279 g/mol. The maximum atomic E-state index is 10.9. The number of benzene rings is 1.